The lowest BCUT2D eigenvalue weighted by Gasteiger charge is -2.22. The molecule has 0 bridgehead atoms. The van der Waals surface area contributed by atoms with E-state index in [-0.39, 0.29) is 0 Å². The first-order valence-corrected chi connectivity index (χ1v) is 7.01. The topological polar surface area (TPSA) is 116 Å². The number of hydrogen-bond acceptors (Lipinski definition) is 3. The van der Waals surface area contributed by atoms with Crippen LogP contribution in [0.3, 0.4) is 0 Å². The van der Waals surface area contributed by atoms with Gasteiger partial charge in [-0.05, 0) is 12.5 Å². The number of carbonyl (C=O) groups is 1. The maximum absolute atomic E-state index is 11.0. The molecule has 8 heteroatoms. The predicted octanol–water partition coefficient (Wildman–Crippen LogP) is 0.727. The van der Waals surface area contributed by atoms with Crippen molar-refractivity contribution < 1.29 is 30.4 Å². The lowest BCUT2D eigenvalue weighted by molar-refractivity contribution is -0.143. The molecule has 3 atom stereocenters. The van der Waals surface area contributed by atoms with Crippen molar-refractivity contribution in [1.29, 1.82) is 0 Å². The van der Waals surface area contributed by atoms with E-state index in [0.29, 0.717) is 5.56 Å². The van der Waals surface area contributed by atoms with Crippen molar-refractivity contribution in [1.82, 2.24) is 5.09 Å². The first-order chi connectivity index (χ1) is 9.20. The summed E-state index contributed by atoms with van der Waals surface area (Å²) in [7, 11) is -4.72. The molecule has 1 rings (SSSR count). The van der Waals surface area contributed by atoms with Gasteiger partial charge in [-0.2, -0.15) is 0 Å². The van der Waals surface area contributed by atoms with Crippen molar-refractivity contribution >= 4 is 13.7 Å². The van der Waals surface area contributed by atoms with Gasteiger partial charge in [0.25, 0.3) is 0 Å². The maximum atomic E-state index is 11.0. The Bertz CT molecular complexity index is 493. The summed E-state index contributed by atoms with van der Waals surface area (Å²) in [5.74, 6) is -1.47. The molecular formula is C11H16NO6P. The summed E-state index contributed by atoms with van der Waals surface area (Å²) in [5.41, 5.74) is 0.514. The SMILES string of the molecule is [2H]C(O[C@H](C)[C@H](NP(=O)(O)O)C(=O)O)c1ccccc1. The number of ether oxygens (including phenoxy) is 1. The molecule has 0 radical (unpaired) electrons. The summed E-state index contributed by atoms with van der Waals surface area (Å²) >= 11 is 0. The standard InChI is InChI=1S/C11H16NO6P/c1-8(10(11(13)14)12-19(15,16)17)18-7-9-5-3-2-4-6-9/h2-6,8,10H,7H2,1H3,(H,13,14)(H3,12,15,16,17)/t8-,10+/m1/s1/i7D/t7?,8-,10+. The number of aliphatic carboxylic acids is 1. The van der Waals surface area contributed by atoms with E-state index in [1.807, 2.05) is 0 Å². The van der Waals surface area contributed by atoms with Gasteiger partial charge in [-0.1, -0.05) is 30.3 Å². The Labute approximate surface area is 111 Å². The van der Waals surface area contributed by atoms with Crippen molar-refractivity contribution in [2.45, 2.75) is 25.7 Å². The molecule has 0 saturated carbocycles. The van der Waals surface area contributed by atoms with Gasteiger partial charge in [-0.25, -0.2) is 9.65 Å². The molecule has 7 nitrogen and oxygen atoms in total. The molecule has 0 aliphatic heterocycles. The Morgan fingerprint density at radius 1 is 1.47 bits per heavy atom. The van der Waals surface area contributed by atoms with Crippen LogP contribution in [0.5, 0.6) is 0 Å². The molecule has 1 aromatic carbocycles. The Balaban J connectivity index is 2.74. The van der Waals surface area contributed by atoms with Gasteiger partial charge in [-0.3, -0.25) is 4.79 Å². The van der Waals surface area contributed by atoms with Crippen LogP contribution in [0.2, 0.25) is 0 Å². The molecule has 4 N–H and O–H groups in total. The molecule has 0 heterocycles. The van der Waals surface area contributed by atoms with Crippen LogP contribution in [-0.4, -0.2) is 33.0 Å². The second-order valence-corrected chi connectivity index (χ2v) is 5.21. The largest absolute Gasteiger partial charge is 0.480 e. The molecule has 106 valence electrons. The van der Waals surface area contributed by atoms with Gasteiger partial charge in [0.15, 0.2) is 0 Å². The smallest absolute Gasteiger partial charge is 0.401 e. The van der Waals surface area contributed by atoms with Gasteiger partial charge in [-0.15, -0.1) is 0 Å². The fourth-order valence-electron chi connectivity index (χ4n) is 1.34. The molecule has 0 saturated heterocycles. The lowest BCUT2D eigenvalue weighted by atomic mass is 10.2. The van der Waals surface area contributed by atoms with Crippen molar-refractivity contribution in [3.63, 3.8) is 0 Å². The second-order valence-electron chi connectivity index (χ2n) is 3.86. The molecule has 0 fully saturated rings. The molecule has 0 aromatic heterocycles. The Morgan fingerprint density at radius 3 is 2.53 bits per heavy atom. The normalized spacial score (nSPS) is 17.3. The van der Waals surface area contributed by atoms with Gasteiger partial charge < -0.3 is 19.6 Å². The fourth-order valence-corrected chi connectivity index (χ4v) is 2.02. The summed E-state index contributed by atoms with van der Waals surface area (Å²) in [6.07, 6.45) is -1.11. The van der Waals surface area contributed by atoms with Gasteiger partial charge in [0.1, 0.15) is 6.04 Å². The Kier molecular flexibility index (Phi) is 5.07. The van der Waals surface area contributed by atoms with E-state index < -0.39 is 32.4 Å². The van der Waals surface area contributed by atoms with Crippen molar-refractivity contribution in [2.75, 3.05) is 0 Å². The average molecular weight is 290 g/mol. The summed E-state index contributed by atoms with van der Waals surface area (Å²) in [4.78, 5) is 28.5. The minimum Gasteiger partial charge on any atom is -0.480 e. The third-order valence-electron chi connectivity index (χ3n) is 2.26. The first kappa shape index (κ1) is 14.2. The van der Waals surface area contributed by atoms with E-state index in [1.165, 1.54) is 6.92 Å². The molecule has 0 aliphatic carbocycles. The van der Waals surface area contributed by atoms with Gasteiger partial charge in [0.05, 0.1) is 14.1 Å². The van der Waals surface area contributed by atoms with Crippen molar-refractivity contribution in [3.05, 3.63) is 35.9 Å². The van der Waals surface area contributed by atoms with Gasteiger partial charge in [0.2, 0.25) is 0 Å². The summed E-state index contributed by atoms with van der Waals surface area (Å²) in [6, 6.07) is 6.82. The van der Waals surface area contributed by atoms with Gasteiger partial charge >= 0.3 is 13.7 Å². The second kappa shape index (κ2) is 6.79. The highest BCUT2D eigenvalue weighted by atomic mass is 31.2. The lowest BCUT2D eigenvalue weighted by Crippen LogP contribution is -2.44. The quantitative estimate of drug-likeness (QED) is 0.547. The monoisotopic (exact) mass is 290 g/mol. The molecule has 1 aromatic rings. The van der Waals surface area contributed by atoms with E-state index in [0.717, 1.165) is 0 Å². The van der Waals surface area contributed by atoms with E-state index in [2.05, 4.69) is 0 Å². The highest BCUT2D eigenvalue weighted by molar-refractivity contribution is 7.49. The number of carboxylic acid groups (broad SMARTS) is 1. The minimum absolute atomic E-state index is 0.514. The van der Waals surface area contributed by atoms with Crippen LogP contribution in [0, 0.1) is 0 Å². The van der Waals surface area contributed by atoms with Crippen LogP contribution < -0.4 is 5.09 Å². The van der Waals surface area contributed by atoms with Crippen LogP contribution >= 0.6 is 7.75 Å². The summed E-state index contributed by atoms with van der Waals surface area (Å²) < 4.78 is 23.8. The third-order valence-corrected chi connectivity index (χ3v) is 2.88. The molecule has 0 aliphatic rings. The number of carboxylic acids is 1. The average Bonchev–Trinajstić information content (AvgIpc) is 2.35. The highest BCUT2D eigenvalue weighted by Crippen LogP contribution is 2.30. The molecule has 19 heavy (non-hydrogen) atoms. The van der Waals surface area contributed by atoms with Crippen LogP contribution in [0.1, 0.15) is 13.9 Å². The Morgan fingerprint density at radius 2 is 2.05 bits per heavy atom. The van der Waals surface area contributed by atoms with Crippen LogP contribution in [-0.2, 0) is 20.7 Å². The summed E-state index contributed by atoms with van der Waals surface area (Å²) in [6.45, 7) is 0.179. The minimum atomic E-state index is -4.72. The first-order valence-electron chi connectivity index (χ1n) is 5.97. The number of hydrogen-bond donors (Lipinski definition) is 4. The third kappa shape index (κ3) is 5.96. The highest BCUT2D eigenvalue weighted by Gasteiger charge is 2.31. The fraction of sp³-hybridized carbons (Fsp3) is 0.364. The van der Waals surface area contributed by atoms with E-state index in [1.54, 1.807) is 35.4 Å². The van der Waals surface area contributed by atoms with Crippen LogP contribution in [0.25, 0.3) is 0 Å². The molecular weight excluding hydrogens is 273 g/mol. The maximum Gasteiger partial charge on any atom is 0.401 e. The summed E-state index contributed by atoms with van der Waals surface area (Å²) in [5, 5.41) is 10.6. The number of rotatable bonds is 7. The number of nitrogens with one attached hydrogen (secondary N) is 1. The van der Waals surface area contributed by atoms with Crippen molar-refractivity contribution in [3.8, 4) is 0 Å². The zero-order valence-electron chi connectivity index (χ0n) is 11.1. The van der Waals surface area contributed by atoms with Crippen LogP contribution in [0.4, 0.5) is 0 Å². The van der Waals surface area contributed by atoms with E-state index >= 15 is 0 Å². The van der Waals surface area contributed by atoms with E-state index in [9.17, 15) is 9.36 Å². The number of benzene rings is 1. The molecule has 0 amide bonds. The van der Waals surface area contributed by atoms with Gasteiger partial charge in [0, 0.05) is 0 Å². The Hall–Kier alpha value is -1.24. The zero-order valence-corrected chi connectivity index (χ0v) is 11.0. The molecule has 0 spiro atoms. The zero-order chi connectivity index (χ0) is 15.3. The predicted molar refractivity (Wildman–Crippen MR) is 67.3 cm³/mol. The van der Waals surface area contributed by atoms with Crippen molar-refractivity contribution in [2.24, 2.45) is 0 Å². The van der Waals surface area contributed by atoms with E-state index in [4.69, 9.17) is 21.0 Å². The molecule has 1 unspecified atom stereocenters. The van der Waals surface area contributed by atoms with Crippen LogP contribution in [0.15, 0.2) is 30.3 Å².